The zero-order chi connectivity index (χ0) is 19.8. The number of carbonyl (C=O) groups is 1. The van der Waals surface area contributed by atoms with E-state index in [1.807, 2.05) is 24.3 Å². The molecule has 148 valence electrons. The van der Waals surface area contributed by atoms with Gasteiger partial charge in [0.05, 0.1) is 38.3 Å². The number of carbonyl (C=O) groups excluding carboxylic acids is 1. The van der Waals surface area contributed by atoms with Crippen LogP contribution in [0, 0.1) is 0 Å². The monoisotopic (exact) mass is 384 g/mol. The molecule has 3 aromatic rings. The fourth-order valence-electron chi connectivity index (χ4n) is 2.76. The Labute approximate surface area is 163 Å². The maximum absolute atomic E-state index is 12.1. The highest BCUT2D eigenvalue weighted by molar-refractivity contribution is 5.86. The van der Waals surface area contributed by atoms with E-state index >= 15 is 0 Å². The standard InChI is InChI=1S/C19H24N6O3/c1-27-10-8-21-18-16-12-24-25(19(16)23-13-22-18)9-7-20-17(26)11-14-3-5-15(28-2)6-4-14/h3-6,12-13H,7-11H2,1-2H3,(H,20,26)(H,21,22,23). The summed E-state index contributed by atoms with van der Waals surface area (Å²) in [6.45, 7) is 2.21. The Bertz CT molecular complexity index is 910. The first-order valence-electron chi connectivity index (χ1n) is 9.00. The highest BCUT2D eigenvalue weighted by Gasteiger charge is 2.10. The highest BCUT2D eigenvalue weighted by atomic mass is 16.5. The largest absolute Gasteiger partial charge is 0.497 e. The maximum Gasteiger partial charge on any atom is 0.224 e. The number of hydrogen-bond acceptors (Lipinski definition) is 7. The van der Waals surface area contributed by atoms with Gasteiger partial charge in [0.1, 0.15) is 17.9 Å². The minimum atomic E-state index is -0.0434. The smallest absolute Gasteiger partial charge is 0.224 e. The first-order chi connectivity index (χ1) is 13.7. The van der Waals surface area contributed by atoms with E-state index in [0.717, 1.165) is 28.2 Å². The number of hydrogen-bond donors (Lipinski definition) is 2. The number of nitrogens with zero attached hydrogens (tertiary/aromatic N) is 4. The van der Waals surface area contributed by atoms with Gasteiger partial charge in [0, 0.05) is 20.2 Å². The second kappa shape index (κ2) is 9.65. The number of amides is 1. The van der Waals surface area contributed by atoms with Gasteiger partial charge in [-0.3, -0.25) is 4.79 Å². The fraction of sp³-hybridized carbons (Fsp3) is 0.368. The van der Waals surface area contributed by atoms with Crippen molar-refractivity contribution in [3.8, 4) is 5.75 Å². The summed E-state index contributed by atoms with van der Waals surface area (Å²) in [7, 11) is 3.27. The van der Waals surface area contributed by atoms with Crippen LogP contribution < -0.4 is 15.4 Å². The molecule has 0 spiro atoms. The molecule has 0 bridgehead atoms. The van der Waals surface area contributed by atoms with Gasteiger partial charge in [-0.2, -0.15) is 5.10 Å². The first-order valence-corrected chi connectivity index (χ1v) is 9.00. The van der Waals surface area contributed by atoms with Crippen LogP contribution in [-0.2, 0) is 22.5 Å². The van der Waals surface area contributed by atoms with Crippen LogP contribution in [0.2, 0.25) is 0 Å². The number of rotatable bonds is 10. The minimum Gasteiger partial charge on any atom is -0.497 e. The van der Waals surface area contributed by atoms with Crippen molar-refractivity contribution in [1.82, 2.24) is 25.1 Å². The van der Waals surface area contributed by atoms with Crippen LogP contribution in [0.3, 0.4) is 0 Å². The van der Waals surface area contributed by atoms with E-state index in [2.05, 4.69) is 25.7 Å². The van der Waals surface area contributed by atoms with E-state index in [0.29, 0.717) is 32.7 Å². The summed E-state index contributed by atoms with van der Waals surface area (Å²) in [4.78, 5) is 20.7. The van der Waals surface area contributed by atoms with Gasteiger partial charge >= 0.3 is 0 Å². The van der Waals surface area contributed by atoms with Crippen LogP contribution >= 0.6 is 0 Å². The molecule has 1 amide bonds. The Hall–Kier alpha value is -3.20. The van der Waals surface area contributed by atoms with Gasteiger partial charge in [-0.15, -0.1) is 0 Å². The van der Waals surface area contributed by atoms with Crippen LogP contribution in [0.1, 0.15) is 5.56 Å². The van der Waals surface area contributed by atoms with Crippen LogP contribution in [0.5, 0.6) is 5.75 Å². The van der Waals surface area contributed by atoms with Crippen molar-refractivity contribution in [1.29, 1.82) is 0 Å². The Balaban J connectivity index is 1.53. The highest BCUT2D eigenvalue weighted by Crippen LogP contribution is 2.18. The number of ether oxygens (including phenoxy) is 2. The number of methoxy groups -OCH3 is 2. The Kier molecular flexibility index (Phi) is 6.74. The van der Waals surface area contributed by atoms with Crippen molar-refractivity contribution < 1.29 is 14.3 Å². The normalized spacial score (nSPS) is 10.8. The van der Waals surface area contributed by atoms with Crippen molar-refractivity contribution in [2.75, 3.05) is 39.2 Å². The summed E-state index contributed by atoms with van der Waals surface area (Å²) >= 11 is 0. The number of nitrogens with one attached hydrogen (secondary N) is 2. The van der Waals surface area contributed by atoms with Crippen molar-refractivity contribution in [3.63, 3.8) is 0 Å². The lowest BCUT2D eigenvalue weighted by Gasteiger charge is -2.08. The average Bonchev–Trinajstić information content (AvgIpc) is 3.13. The molecule has 9 nitrogen and oxygen atoms in total. The zero-order valence-electron chi connectivity index (χ0n) is 16.0. The number of aromatic nitrogens is 4. The Morgan fingerprint density at radius 2 is 1.96 bits per heavy atom. The molecule has 9 heteroatoms. The summed E-state index contributed by atoms with van der Waals surface area (Å²) in [6, 6.07) is 7.45. The second-order valence-electron chi connectivity index (χ2n) is 6.12. The number of anilines is 1. The van der Waals surface area contributed by atoms with Crippen LogP contribution in [0.25, 0.3) is 11.0 Å². The summed E-state index contributed by atoms with van der Waals surface area (Å²) in [5, 5.41) is 11.3. The van der Waals surface area contributed by atoms with E-state index in [-0.39, 0.29) is 5.91 Å². The molecule has 0 aliphatic rings. The third-order valence-corrected chi connectivity index (χ3v) is 4.20. The lowest BCUT2D eigenvalue weighted by Crippen LogP contribution is -2.28. The molecule has 28 heavy (non-hydrogen) atoms. The topological polar surface area (TPSA) is 103 Å². The predicted octanol–water partition coefficient (Wildman–Crippen LogP) is 1.25. The quantitative estimate of drug-likeness (QED) is 0.507. The van der Waals surface area contributed by atoms with Crippen molar-refractivity contribution in [2.45, 2.75) is 13.0 Å². The second-order valence-corrected chi connectivity index (χ2v) is 6.12. The predicted molar refractivity (Wildman–Crippen MR) is 105 cm³/mol. The molecule has 0 atom stereocenters. The molecule has 0 aliphatic heterocycles. The molecule has 2 N–H and O–H groups in total. The third-order valence-electron chi connectivity index (χ3n) is 4.20. The maximum atomic E-state index is 12.1. The van der Waals surface area contributed by atoms with E-state index in [1.165, 1.54) is 6.33 Å². The van der Waals surface area contributed by atoms with Gasteiger partial charge in [0.15, 0.2) is 5.65 Å². The van der Waals surface area contributed by atoms with Crippen molar-refractivity contribution in [2.24, 2.45) is 0 Å². The molecule has 1 aromatic carbocycles. The lowest BCUT2D eigenvalue weighted by atomic mass is 10.1. The molecule has 0 fully saturated rings. The third kappa shape index (κ3) is 4.95. The Morgan fingerprint density at radius 1 is 1.14 bits per heavy atom. The number of fused-ring (bicyclic) bond motifs is 1. The van der Waals surface area contributed by atoms with E-state index < -0.39 is 0 Å². The van der Waals surface area contributed by atoms with Gasteiger partial charge in [0.2, 0.25) is 5.91 Å². The zero-order valence-corrected chi connectivity index (χ0v) is 16.0. The van der Waals surface area contributed by atoms with Crippen LogP contribution in [0.4, 0.5) is 5.82 Å². The van der Waals surface area contributed by atoms with Gasteiger partial charge in [-0.05, 0) is 17.7 Å². The molecule has 2 heterocycles. The van der Waals surface area contributed by atoms with Crippen molar-refractivity contribution >= 4 is 22.8 Å². The molecule has 0 saturated heterocycles. The summed E-state index contributed by atoms with van der Waals surface area (Å²) < 4.78 is 11.9. The summed E-state index contributed by atoms with van der Waals surface area (Å²) in [5.41, 5.74) is 1.65. The fourth-order valence-corrected chi connectivity index (χ4v) is 2.76. The molecular formula is C19H24N6O3. The molecule has 0 aliphatic carbocycles. The number of benzene rings is 1. The van der Waals surface area contributed by atoms with E-state index in [1.54, 1.807) is 25.1 Å². The molecule has 0 radical (unpaired) electrons. The Morgan fingerprint density at radius 3 is 2.71 bits per heavy atom. The minimum absolute atomic E-state index is 0.0434. The molecular weight excluding hydrogens is 360 g/mol. The van der Waals surface area contributed by atoms with Crippen LogP contribution in [-0.4, -0.2) is 59.6 Å². The molecule has 3 rings (SSSR count). The summed E-state index contributed by atoms with van der Waals surface area (Å²) in [6.07, 6.45) is 3.54. The van der Waals surface area contributed by atoms with Gasteiger partial charge in [0.25, 0.3) is 0 Å². The van der Waals surface area contributed by atoms with Gasteiger partial charge < -0.3 is 20.1 Å². The van der Waals surface area contributed by atoms with E-state index in [4.69, 9.17) is 9.47 Å². The van der Waals surface area contributed by atoms with Gasteiger partial charge in [-0.25, -0.2) is 14.6 Å². The summed E-state index contributed by atoms with van der Waals surface area (Å²) in [5.74, 6) is 1.45. The molecule has 0 saturated carbocycles. The average molecular weight is 384 g/mol. The molecule has 2 aromatic heterocycles. The van der Waals surface area contributed by atoms with Crippen molar-refractivity contribution in [3.05, 3.63) is 42.4 Å². The first kappa shape index (κ1) is 19.6. The van der Waals surface area contributed by atoms with E-state index in [9.17, 15) is 4.79 Å². The molecule has 0 unspecified atom stereocenters. The lowest BCUT2D eigenvalue weighted by molar-refractivity contribution is -0.120. The SMILES string of the molecule is COCCNc1ncnc2c1cnn2CCNC(=O)Cc1ccc(OC)cc1. The van der Waals surface area contributed by atoms with Gasteiger partial charge in [-0.1, -0.05) is 12.1 Å². The van der Waals surface area contributed by atoms with Crippen LogP contribution in [0.15, 0.2) is 36.8 Å².